The third-order valence-electron chi connectivity index (χ3n) is 6.98. The fraction of sp³-hybridized carbons (Fsp3) is 0.400. The van der Waals surface area contributed by atoms with E-state index in [0.29, 0.717) is 23.8 Å². The van der Waals surface area contributed by atoms with Gasteiger partial charge in [0, 0.05) is 25.5 Å². The minimum Gasteiger partial charge on any atom is -0.378 e. The van der Waals surface area contributed by atoms with E-state index in [1.807, 2.05) is 47.2 Å². The van der Waals surface area contributed by atoms with Gasteiger partial charge in [0.1, 0.15) is 0 Å². The molecule has 5 rings (SSSR count). The highest BCUT2D eigenvalue weighted by Gasteiger charge is 2.29. The van der Waals surface area contributed by atoms with Gasteiger partial charge >= 0.3 is 0 Å². The third kappa shape index (κ3) is 3.26. The van der Waals surface area contributed by atoms with Crippen LogP contribution in [-0.2, 0) is 11.3 Å². The van der Waals surface area contributed by atoms with Crippen LogP contribution in [0.3, 0.4) is 0 Å². The average molecular weight is 417 g/mol. The Balaban J connectivity index is 1.71. The van der Waals surface area contributed by atoms with E-state index < -0.39 is 0 Å². The molecule has 1 fully saturated rings. The van der Waals surface area contributed by atoms with Crippen molar-refractivity contribution in [2.24, 2.45) is 11.8 Å². The average Bonchev–Trinajstić information content (AvgIpc) is 3.15. The number of nitrogens with zero attached hydrogens (tertiary/aromatic N) is 4. The maximum absolute atomic E-state index is 13.5. The molecule has 0 aliphatic heterocycles. The Morgan fingerprint density at radius 2 is 1.94 bits per heavy atom. The lowest BCUT2D eigenvalue weighted by atomic mass is 9.78. The van der Waals surface area contributed by atoms with Crippen molar-refractivity contribution < 1.29 is 4.74 Å². The summed E-state index contributed by atoms with van der Waals surface area (Å²) in [7, 11) is 1.66. The normalized spacial score (nSPS) is 21.7. The monoisotopic (exact) mass is 416 g/mol. The maximum atomic E-state index is 13.5. The Kier molecular flexibility index (Phi) is 5.10. The van der Waals surface area contributed by atoms with Gasteiger partial charge in [-0.05, 0) is 29.9 Å². The molecule has 0 bridgehead atoms. The van der Waals surface area contributed by atoms with Gasteiger partial charge < -0.3 is 9.30 Å². The third-order valence-corrected chi connectivity index (χ3v) is 6.98. The van der Waals surface area contributed by atoms with Crippen LogP contribution in [0, 0.1) is 11.8 Å². The maximum Gasteiger partial charge on any atom is 0.261 e. The van der Waals surface area contributed by atoms with Crippen molar-refractivity contribution in [1.82, 2.24) is 19.2 Å². The second-order valence-electron chi connectivity index (χ2n) is 8.78. The molecule has 6 nitrogen and oxygen atoms in total. The van der Waals surface area contributed by atoms with Gasteiger partial charge in [0.05, 0.1) is 28.8 Å². The van der Waals surface area contributed by atoms with E-state index in [1.165, 1.54) is 6.42 Å². The number of rotatable bonds is 4. The molecule has 1 aromatic carbocycles. The van der Waals surface area contributed by atoms with E-state index >= 15 is 0 Å². The van der Waals surface area contributed by atoms with Crippen molar-refractivity contribution in [2.75, 3.05) is 7.11 Å². The molecule has 0 N–H and O–H groups in total. The predicted molar refractivity (Wildman–Crippen MR) is 122 cm³/mol. The number of hydrogen-bond donors (Lipinski definition) is 0. The summed E-state index contributed by atoms with van der Waals surface area (Å²) in [6.45, 7) is 4.94. The Morgan fingerprint density at radius 3 is 2.71 bits per heavy atom. The summed E-state index contributed by atoms with van der Waals surface area (Å²) >= 11 is 0. The second-order valence-corrected chi connectivity index (χ2v) is 8.78. The van der Waals surface area contributed by atoms with Crippen LogP contribution in [0.4, 0.5) is 0 Å². The van der Waals surface area contributed by atoms with E-state index in [0.717, 1.165) is 40.8 Å². The SMILES string of the molecule is COCc1nn2c(ncc3c(=O)n([C@H]4CCC[C@@H](C)[C@@H]4C)ccc32)c1-c1ccccc1. The lowest BCUT2D eigenvalue weighted by Crippen LogP contribution is -2.33. The minimum atomic E-state index is 0.0166. The molecular weight excluding hydrogens is 388 g/mol. The first kappa shape index (κ1) is 19.9. The summed E-state index contributed by atoms with van der Waals surface area (Å²) in [5.41, 5.74) is 4.33. The number of ether oxygens (including phenoxy) is 1. The number of hydrogen-bond acceptors (Lipinski definition) is 4. The number of benzene rings is 1. The first-order valence-corrected chi connectivity index (χ1v) is 11.1. The molecule has 1 aliphatic rings. The van der Waals surface area contributed by atoms with Crippen molar-refractivity contribution >= 4 is 16.6 Å². The van der Waals surface area contributed by atoms with Crippen LogP contribution in [0.25, 0.3) is 27.7 Å². The topological polar surface area (TPSA) is 61.4 Å². The number of pyridine rings is 1. The zero-order valence-electron chi connectivity index (χ0n) is 18.3. The summed E-state index contributed by atoms with van der Waals surface area (Å²) in [6, 6.07) is 12.3. The Labute approximate surface area is 181 Å². The molecular formula is C25H28N4O2. The van der Waals surface area contributed by atoms with E-state index in [4.69, 9.17) is 14.8 Å². The molecule has 6 heteroatoms. The minimum absolute atomic E-state index is 0.0166. The smallest absolute Gasteiger partial charge is 0.261 e. The fourth-order valence-electron chi connectivity index (χ4n) is 5.07. The number of aromatic nitrogens is 4. The van der Waals surface area contributed by atoms with Gasteiger partial charge in [-0.2, -0.15) is 5.10 Å². The van der Waals surface area contributed by atoms with Crippen LogP contribution in [-0.4, -0.2) is 26.3 Å². The Morgan fingerprint density at radius 1 is 1.13 bits per heavy atom. The quantitative estimate of drug-likeness (QED) is 0.477. The van der Waals surface area contributed by atoms with E-state index in [1.54, 1.807) is 17.8 Å². The summed E-state index contributed by atoms with van der Waals surface area (Å²) < 4.78 is 9.13. The number of fused-ring (bicyclic) bond motifs is 3. The first-order valence-electron chi connectivity index (χ1n) is 11.1. The highest BCUT2D eigenvalue weighted by molar-refractivity contribution is 5.86. The Hall–Kier alpha value is -2.99. The van der Waals surface area contributed by atoms with Gasteiger partial charge in [0.15, 0.2) is 5.65 Å². The molecule has 0 spiro atoms. The number of methoxy groups -OCH3 is 1. The summed E-state index contributed by atoms with van der Waals surface area (Å²) in [4.78, 5) is 18.2. The molecule has 3 heterocycles. The van der Waals surface area contributed by atoms with Gasteiger partial charge in [-0.1, -0.05) is 57.0 Å². The van der Waals surface area contributed by atoms with E-state index in [-0.39, 0.29) is 11.6 Å². The lowest BCUT2D eigenvalue weighted by molar-refractivity contribution is 0.181. The fourth-order valence-corrected chi connectivity index (χ4v) is 5.07. The Bertz CT molecular complexity index is 1290. The van der Waals surface area contributed by atoms with Crippen LogP contribution in [0.15, 0.2) is 53.6 Å². The largest absolute Gasteiger partial charge is 0.378 e. The highest BCUT2D eigenvalue weighted by Crippen LogP contribution is 2.37. The molecule has 1 aliphatic carbocycles. The molecule has 0 radical (unpaired) electrons. The van der Waals surface area contributed by atoms with Crippen LogP contribution in [0.2, 0.25) is 0 Å². The van der Waals surface area contributed by atoms with Crippen molar-refractivity contribution in [3.05, 3.63) is 64.8 Å². The van der Waals surface area contributed by atoms with Crippen molar-refractivity contribution in [3.63, 3.8) is 0 Å². The zero-order chi connectivity index (χ0) is 21.5. The standard InChI is InChI=1S/C25H28N4O2/c1-16-8-7-11-21(17(16)2)28-13-12-22-19(25(28)30)14-26-24-23(18-9-5-4-6-10-18)20(15-31-3)27-29(22)24/h4-6,9-10,12-14,16-17,21H,7-8,11,15H2,1-3H3/t16-,17+,21+/m1/s1. The summed E-state index contributed by atoms with van der Waals surface area (Å²) in [5.74, 6) is 1.10. The highest BCUT2D eigenvalue weighted by atomic mass is 16.5. The first-order chi connectivity index (χ1) is 15.1. The van der Waals surface area contributed by atoms with Crippen molar-refractivity contribution in [2.45, 2.75) is 45.8 Å². The molecule has 1 saturated carbocycles. The van der Waals surface area contributed by atoms with Crippen LogP contribution >= 0.6 is 0 Å². The van der Waals surface area contributed by atoms with Gasteiger partial charge in [0.2, 0.25) is 0 Å². The van der Waals surface area contributed by atoms with Crippen LogP contribution < -0.4 is 5.56 Å². The van der Waals surface area contributed by atoms with Crippen molar-refractivity contribution in [3.8, 4) is 11.1 Å². The van der Waals surface area contributed by atoms with Crippen molar-refractivity contribution in [1.29, 1.82) is 0 Å². The van der Waals surface area contributed by atoms with Gasteiger partial charge in [-0.25, -0.2) is 9.50 Å². The zero-order valence-corrected chi connectivity index (χ0v) is 18.3. The van der Waals surface area contributed by atoms with E-state index in [2.05, 4.69) is 13.8 Å². The molecule has 0 unspecified atom stereocenters. The summed E-state index contributed by atoms with van der Waals surface area (Å²) in [6.07, 6.45) is 7.11. The van der Waals surface area contributed by atoms with Gasteiger partial charge in [-0.3, -0.25) is 4.79 Å². The van der Waals surface area contributed by atoms with E-state index in [9.17, 15) is 4.79 Å². The molecule has 3 atom stereocenters. The van der Waals surface area contributed by atoms with Crippen LogP contribution in [0.1, 0.15) is 44.8 Å². The lowest BCUT2D eigenvalue weighted by Gasteiger charge is -2.35. The van der Waals surface area contributed by atoms with Gasteiger partial charge in [0.25, 0.3) is 5.56 Å². The molecule has 0 amide bonds. The second kappa shape index (κ2) is 7.93. The summed E-state index contributed by atoms with van der Waals surface area (Å²) in [5, 5.41) is 5.40. The predicted octanol–water partition coefficient (Wildman–Crippen LogP) is 4.85. The van der Waals surface area contributed by atoms with Crippen LogP contribution in [0.5, 0.6) is 0 Å². The molecule has 4 aromatic rings. The molecule has 3 aromatic heterocycles. The van der Waals surface area contributed by atoms with Gasteiger partial charge in [-0.15, -0.1) is 0 Å². The molecule has 31 heavy (non-hydrogen) atoms. The molecule has 160 valence electrons. The molecule has 0 saturated heterocycles.